The Morgan fingerprint density at radius 1 is 1.27 bits per heavy atom. The highest BCUT2D eigenvalue weighted by Crippen LogP contribution is 2.40. The van der Waals surface area contributed by atoms with Gasteiger partial charge in [-0.15, -0.1) is 0 Å². The molecule has 1 aromatic rings. The molecule has 0 bridgehead atoms. The minimum atomic E-state index is -3.03. The molecule has 3 aliphatic heterocycles. The highest BCUT2D eigenvalue weighted by molar-refractivity contribution is 7.91. The number of carbonyl (C=O) groups is 1. The number of hydrogen-bond acceptors (Lipinski definition) is 7. The van der Waals surface area contributed by atoms with E-state index in [0.29, 0.717) is 26.2 Å². The maximum atomic E-state index is 12.9. The maximum Gasteiger partial charge on any atom is 0.239 e. The van der Waals surface area contributed by atoms with Crippen molar-refractivity contribution in [3.63, 3.8) is 0 Å². The molecule has 1 N–H and O–H groups in total. The Bertz CT molecular complexity index is 897. The van der Waals surface area contributed by atoms with Crippen LogP contribution in [-0.4, -0.2) is 76.4 Å². The van der Waals surface area contributed by atoms with Crippen molar-refractivity contribution in [3.05, 3.63) is 23.8 Å². The molecule has 4 rings (SSSR count). The molecule has 166 valence electrons. The Balaban J connectivity index is 1.44. The summed E-state index contributed by atoms with van der Waals surface area (Å²) < 4.78 is 40.1. The molecule has 1 amide bonds. The van der Waals surface area contributed by atoms with Gasteiger partial charge in [-0.3, -0.25) is 4.79 Å². The number of likely N-dealkylation sites (N-methyl/N-ethyl adjacent to an activating group) is 1. The summed E-state index contributed by atoms with van der Waals surface area (Å²) in [5.41, 5.74) is 0.987. The topological polar surface area (TPSA) is 94.2 Å². The van der Waals surface area contributed by atoms with Crippen LogP contribution in [0.5, 0.6) is 11.5 Å². The molecule has 1 aromatic carbocycles. The lowest BCUT2D eigenvalue weighted by molar-refractivity contribution is -0.133. The molecule has 0 saturated carbocycles. The standard InChI is InChI=1S/C21H30N2O6S/c1-15(20(24)23(2)17-5-10-30(25,26)12-17)22-13-21(6-8-27-9-7-21)16-3-4-18-19(11-16)29-14-28-18/h3-4,11,15,17,22H,5-10,12-14H2,1-2H3. The van der Waals surface area contributed by atoms with E-state index in [9.17, 15) is 13.2 Å². The highest BCUT2D eigenvalue weighted by Gasteiger charge is 2.38. The molecule has 0 aliphatic carbocycles. The lowest BCUT2D eigenvalue weighted by atomic mass is 9.74. The molecule has 0 aromatic heterocycles. The number of amides is 1. The lowest BCUT2D eigenvalue weighted by Crippen LogP contribution is -2.52. The summed E-state index contributed by atoms with van der Waals surface area (Å²) in [6, 6.07) is 5.40. The van der Waals surface area contributed by atoms with Crippen LogP contribution >= 0.6 is 0 Å². The molecule has 9 heteroatoms. The predicted molar refractivity (Wildman–Crippen MR) is 112 cm³/mol. The van der Waals surface area contributed by atoms with Crippen LogP contribution in [0.15, 0.2) is 18.2 Å². The lowest BCUT2D eigenvalue weighted by Gasteiger charge is -2.39. The second-order valence-electron chi connectivity index (χ2n) is 8.57. The average Bonchev–Trinajstić information content (AvgIpc) is 3.36. The number of fused-ring (bicyclic) bond motifs is 1. The van der Waals surface area contributed by atoms with Crippen molar-refractivity contribution in [2.24, 2.45) is 0 Å². The number of benzene rings is 1. The first-order valence-electron chi connectivity index (χ1n) is 10.5. The van der Waals surface area contributed by atoms with Gasteiger partial charge in [-0.1, -0.05) is 6.07 Å². The van der Waals surface area contributed by atoms with Gasteiger partial charge in [-0.2, -0.15) is 0 Å². The van der Waals surface area contributed by atoms with Gasteiger partial charge in [0.05, 0.1) is 17.5 Å². The number of rotatable bonds is 6. The third-order valence-corrected chi connectivity index (χ3v) is 8.41. The summed E-state index contributed by atoms with van der Waals surface area (Å²) in [5.74, 6) is 1.64. The van der Waals surface area contributed by atoms with E-state index >= 15 is 0 Å². The summed E-state index contributed by atoms with van der Waals surface area (Å²) in [4.78, 5) is 14.5. The van der Waals surface area contributed by atoms with Crippen LogP contribution in [0.4, 0.5) is 0 Å². The zero-order valence-corrected chi connectivity index (χ0v) is 18.4. The van der Waals surface area contributed by atoms with Crippen LogP contribution in [0.1, 0.15) is 31.7 Å². The second kappa shape index (κ2) is 8.36. The SMILES string of the molecule is CC(NCC1(c2ccc3c(c2)OCO3)CCOCC1)C(=O)N(C)C1CCS(=O)(=O)C1. The van der Waals surface area contributed by atoms with E-state index in [4.69, 9.17) is 14.2 Å². The van der Waals surface area contributed by atoms with Crippen LogP contribution < -0.4 is 14.8 Å². The number of nitrogens with one attached hydrogen (secondary N) is 1. The normalized spacial score (nSPS) is 25.1. The van der Waals surface area contributed by atoms with E-state index in [2.05, 4.69) is 11.4 Å². The van der Waals surface area contributed by atoms with Crippen LogP contribution in [0.2, 0.25) is 0 Å². The Kier molecular flexibility index (Phi) is 5.96. The predicted octanol–water partition coefficient (Wildman–Crippen LogP) is 1.09. The quantitative estimate of drug-likeness (QED) is 0.710. The molecule has 0 radical (unpaired) electrons. The number of carbonyl (C=O) groups excluding carboxylic acids is 1. The van der Waals surface area contributed by atoms with E-state index in [1.165, 1.54) is 0 Å². The van der Waals surface area contributed by atoms with Gasteiger partial charge >= 0.3 is 0 Å². The van der Waals surface area contributed by atoms with Crippen molar-refractivity contribution in [1.29, 1.82) is 0 Å². The largest absolute Gasteiger partial charge is 0.454 e. The first-order chi connectivity index (χ1) is 14.3. The third kappa shape index (κ3) is 4.29. The van der Waals surface area contributed by atoms with Gasteiger partial charge in [-0.05, 0) is 43.9 Å². The summed E-state index contributed by atoms with van der Waals surface area (Å²) in [5, 5.41) is 3.42. The van der Waals surface area contributed by atoms with Gasteiger partial charge in [0.2, 0.25) is 12.7 Å². The van der Waals surface area contributed by atoms with Crippen LogP contribution in [0.3, 0.4) is 0 Å². The van der Waals surface area contributed by atoms with Gasteiger partial charge < -0.3 is 24.4 Å². The van der Waals surface area contributed by atoms with Crippen molar-refractivity contribution >= 4 is 15.7 Å². The first kappa shape index (κ1) is 21.4. The first-order valence-corrected chi connectivity index (χ1v) is 12.3. The zero-order valence-electron chi connectivity index (χ0n) is 17.6. The number of nitrogens with zero attached hydrogens (tertiary/aromatic N) is 1. The van der Waals surface area contributed by atoms with Gasteiger partial charge in [0.1, 0.15) is 0 Å². The smallest absolute Gasteiger partial charge is 0.239 e. The van der Waals surface area contributed by atoms with Crippen molar-refractivity contribution in [2.75, 3.05) is 45.1 Å². The Labute approximate surface area is 177 Å². The fourth-order valence-electron chi connectivity index (χ4n) is 4.56. The molecule has 8 nitrogen and oxygen atoms in total. The van der Waals surface area contributed by atoms with E-state index in [1.54, 1.807) is 11.9 Å². The maximum absolute atomic E-state index is 12.9. The molecular formula is C21H30N2O6S. The van der Waals surface area contributed by atoms with E-state index in [-0.39, 0.29) is 35.7 Å². The molecule has 2 atom stereocenters. The number of sulfone groups is 1. The van der Waals surface area contributed by atoms with E-state index < -0.39 is 15.9 Å². The van der Waals surface area contributed by atoms with Gasteiger partial charge in [-0.25, -0.2) is 8.42 Å². The molecular weight excluding hydrogens is 408 g/mol. The summed E-state index contributed by atoms with van der Waals surface area (Å²) in [6.07, 6.45) is 2.20. The minimum Gasteiger partial charge on any atom is -0.454 e. The molecule has 0 spiro atoms. The van der Waals surface area contributed by atoms with E-state index in [1.807, 2.05) is 19.1 Å². The van der Waals surface area contributed by atoms with Crippen LogP contribution in [0.25, 0.3) is 0 Å². The molecule has 2 unspecified atom stereocenters. The van der Waals surface area contributed by atoms with Gasteiger partial charge in [0, 0.05) is 38.3 Å². The molecule has 3 aliphatic rings. The molecule has 30 heavy (non-hydrogen) atoms. The number of hydrogen-bond donors (Lipinski definition) is 1. The van der Waals surface area contributed by atoms with Crippen LogP contribution in [0, 0.1) is 0 Å². The minimum absolute atomic E-state index is 0.0560. The molecule has 2 fully saturated rings. The van der Waals surface area contributed by atoms with Gasteiger partial charge in [0.15, 0.2) is 21.3 Å². The van der Waals surface area contributed by atoms with Gasteiger partial charge in [0.25, 0.3) is 0 Å². The third-order valence-electron chi connectivity index (χ3n) is 6.66. The van der Waals surface area contributed by atoms with Crippen molar-refractivity contribution in [1.82, 2.24) is 10.2 Å². The van der Waals surface area contributed by atoms with Crippen molar-refractivity contribution < 1.29 is 27.4 Å². The molecule has 2 saturated heterocycles. The van der Waals surface area contributed by atoms with Crippen LogP contribution in [-0.2, 0) is 24.8 Å². The number of ether oxygens (including phenoxy) is 3. The Hall–Kier alpha value is -1.84. The highest BCUT2D eigenvalue weighted by atomic mass is 32.2. The Morgan fingerprint density at radius 2 is 2.00 bits per heavy atom. The van der Waals surface area contributed by atoms with Crippen molar-refractivity contribution in [2.45, 2.75) is 43.7 Å². The summed E-state index contributed by atoms with van der Waals surface area (Å²) >= 11 is 0. The summed E-state index contributed by atoms with van der Waals surface area (Å²) in [7, 11) is -1.33. The zero-order chi connectivity index (χ0) is 21.4. The van der Waals surface area contributed by atoms with E-state index in [0.717, 1.165) is 29.9 Å². The summed E-state index contributed by atoms with van der Waals surface area (Å²) in [6.45, 7) is 4.03. The monoisotopic (exact) mass is 438 g/mol. The second-order valence-corrected chi connectivity index (χ2v) is 10.8. The molecule has 3 heterocycles. The Morgan fingerprint density at radius 3 is 2.70 bits per heavy atom. The average molecular weight is 439 g/mol. The van der Waals surface area contributed by atoms with Crippen molar-refractivity contribution in [3.8, 4) is 11.5 Å². The fraction of sp³-hybridized carbons (Fsp3) is 0.667. The fourth-order valence-corrected chi connectivity index (χ4v) is 6.33.